The first-order chi connectivity index (χ1) is 14.3. The second-order valence-corrected chi connectivity index (χ2v) is 10.4. The van der Waals surface area contributed by atoms with Crippen molar-refractivity contribution in [3.8, 4) is 0 Å². The van der Waals surface area contributed by atoms with Gasteiger partial charge in [0.15, 0.2) is 0 Å². The molecule has 2 aliphatic rings. The van der Waals surface area contributed by atoms with E-state index in [0.29, 0.717) is 11.5 Å². The number of amides is 2. The van der Waals surface area contributed by atoms with Crippen molar-refractivity contribution in [3.63, 3.8) is 0 Å². The molecule has 1 aliphatic carbocycles. The Morgan fingerprint density at radius 1 is 1.07 bits per heavy atom. The topological polar surface area (TPSA) is 95.6 Å². The van der Waals surface area contributed by atoms with Crippen molar-refractivity contribution in [3.05, 3.63) is 35.4 Å². The molecule has 3 rings (SSSR count). The maximum Gasteiger partial charge on any atom is 0.253 e. The first kappa shape index (κ1) is 22.7. The van der Waals surface area contributed by atoms with Crippen LogP contribution in [0.2, 0.25) is 0 Å². The monoisotopic (exact) mass is 435 g/mol. The van der Waals surface area contributed by atoms with Crippen molar-refractivity contribution in [1.29, 1.82) is 0 Å². The number of rotatable bonds is 7. The zero-order chi connectivity index (χ0) is 21.6. The number of hydrogen-bond donors (Lipinski definition) is 2. The molecule has 1 heterocycles. The van der Waals surface area contributed by atoms with Crippen LogP contribution in [0.15, 0.2) is 24.3 Å². The van der Waals surface area contributed by atoms with Gasteiger partial charge in [0.1, 0.15) is 5.75 Å². The molecule has 1 aromatic carbocycles. The highest BCUT2D eigenvalue weighted by Crippen LogP contribution is 2.23. The van der Waals surface area contributed by atoms with Crippen LogP contribution in [-0.4, -0.2) is 50.0 Å². The van der Waals surface area contributed by atoms with E-state index in [0.717, 1.165) is 63.6 Å². The first-order valence-electron chi connectivity index (χ1n) is 11.0. The minimum absolute atomic E-state index is 0.0106. The van der Waals surface area contributed by atoms with E-state index >= 15 is 0 Å². The molecule has 2 N–H and O–H groups in total. The number of likely N-dealkylation sites (tertiary alicyclic amines) is 1. The number of piperidine rings is 1. The summed E-state index contributed by atoms with van der Waals surface area (Å²) in [6, 6.07) is 7.09. The molecule has 1 saturated heterocycles. The Morgan fingerprint density at radius 2 is 1.77 bits per heavy atom. The molecule has 30 heavy (non-hydrogen) atoms. The maximum absolute atomic E-state index is 12.6. The lowest BCUT2D eigenvalue weighted by Crippen LogP contribution is -2.42. The number of nitrogens with one attached hydrogen (secondary N) is 2. The van der Waals surface area contributed by atoms with Crippen LogP contribution in [0, 0.1) is 5.92 Å². The third-order valence-corrected chi connectivity index (χ3v) is 7.32. The van der Waals surface area contributed by atoms with E-state index in [9.17, 15) is 18.0 Å². The van der Waals surface area contributed by atoms with Crippen molar-refractivity contribution in [1.82, 2.24) is 14.9 Å². The molecule has 7 nitrogen and oxygen atoms in total. The van der Waals surface area contributed by atoms with Crippen molar-refractivity contribution in [2.45, 2.75) is 64.5 Å². The van der Waals surface area contributed by atoms with Gasteiger partial charge in [-0.3, -0.25) is 9.59 Å². The fourth-order valence-corrected chi connectivity index (χ4v) is 5.47. The van der Waals surface area contributed by atoms with E-state index in [2.05, 4.69) is 17.0 Å². The predicted octanol–water partition coefficient (Wildman–Crippen LogP) is 2.43. The average molecular weight is 436 g/mol. The fraction of sp³-hybridized carbons (Fsp3) is 0.636. The van der Waals surface area contributed by atoms with E-state index in [-0.39, 0.29) is 18.5 Å². The second-order valence-electron chi connectivity index (χ2n) is 8.66. The summed E-state index contributed by atoms with van der Waals surface area (Å²) in [6.07, 6.45) is 6.87. The van der Waals surface area contributed by atoms with Crippen molar-refractivity contribution < 1.29 is 18.0 Å². The Balaban J connectivity index is 1.48. The molecule has 8 heteroatoms. The van der Waals surface area contributed by atoms with Gasteiger partial charge < -0.3 is 10.2 Å². The molecule has 0 radical (unpaired) electrons. The number of sulfonamides is 1. The zero-order valence-corrected chi connectivity index (χ0v) is 18.5. The number of hydrogen-bond acceptors (Lipinski definition) is 4. The van der Waals surface area contributed by atoms with Crippen molar-refractivity contribution >= 4 is 21.8 Å². The molecule has 0 atom stereocenters. The molecule has 1 aromatic rings. The highest BCUT2D eigenvalue weighted by molar-refractivity contribution is 7.90. The number of carbonyl (C=O) groups is 2. The highest BCUT2D eigenvalue weighted by Gasteiger charge is 2.25. The molecule has 0 spiro atoms. The molecule has 0 unspecified atom stereocenters. The van der Waals surface area contributed by atoms with E-state index < -0.39 is 21.7 Å². The van der Waals surface area contributed by atoms with Gasteiger partial charge in [-0.1, -0.05) is 19.1 Å². The molecule has 0 bridgehead atoms. The van der Waals surface area contributed by atoms with Gasteiger partial charge in [0.05, 0.1) is 0 Å². The molecular weight excluding hydrogens is 402 g/mol. The normalized spacial score (nSPS) is 22.5. The van der Waals surface area contributed by atoms with Crippen molar-refractivity contribution in [2.24, 2.45) is 5.92 Å². The van der Waals surface area contributed by atoms with Gasteiger partial charge in [-0.2, -0.15) is 0 Å². The van der Waals surface area contributed by atoms with Gasteiger partial charge in [0.25, 0.3) is 5.91 Å². The third kappa shape index (κ3) is 6.80. The lowest BCUT2D eigenvalue weighted by Gasteiger charge is -2.27. The Labute approximate surface area is 179 Å². The molecular formula is C22H33N3O4S. The zero-order valence-electron chi connectivity index (χ0n) is 17.7. The van der Waals surface area contributed by atoms with E-state index in [1.54, 1.807) is 18.2 Å². The first-order valence-corrected chi connectivity index (χ1v) is 12.6. The van der Waals surface area contributed by atoms with Gasteiger partial charge in [-0.25, -0.2) is 13.1 Å². The second kappa shape index (κ2) is 10.4. The SMILES string of the molecule is CC1CCC(NS(=O)(=O)CC(=O)NCc2cccc(C(=O)N3CCCCC3)c2)CC1. The number of carbonyl (C=O) groups excluding carboxylic acids is 2. The van der Waals surface area contributed by atoms with E-state index in [1.165, 1.54) is 0 Å². The summed E-state index contributed by atoms with van der Waals surface area (Å²) in [7, 11) is -3.66. The van der Waals surface area contributed by atoms with Crippen LogP contribution in [0.3, 0.4) is 0 Å². The Hall–Kier alpha value is -1.93. The largest absolute Gasteiger partial charge is 0.351 e. The van der Waals surface area contributed by atoms with Crippen LogP contribution in [0.1, 0.15) is 67.8 Å². The number of benzene rings is 1. The molecule has 0 aromatic heterocycles. The molecule has 1 saturated carbocycles. The van der Waals surface area contributed by atoms with E-state index in [4.69, 9.17) is 0 Å². The van der Waals surface area contributed by atoms with Crippen LogP contribution in [0.25, 0.3) is 0 Å². The Kier molecular flexibility index (Phi) is 7.88. The Morgan fingerprint density at radius 3 is 2.47 bits per heavy atom. The van der Waals surface area contributed by atoms with Crippen LogP contribution in [-0.2, 0) is 21.4 Å². The standard InChI is InChI=1S/C22H33N3O4S/c1-17-8-10-20(11-9-17)24-30(28,29)16-21(26)23-15-18-6-5-7-19(14-18)22(27)25-12-3-2-4-13-25/h5-7,14,17,20,24H,2-4,8-13,15-16H2,1H3,(H,23,26). The van der Waals surface area contributed by atoms with Crippen LogP contribution < -0.4 is 10.0 Å². The summed E-state index contributed by atoms with van der Waals surface area (Å²) >= 11 is 0. The van der Waals surface area contributed by atoms with Gasteiger partial charge in [-0.15, -0.1) is 0 Å². The lowest BCUT2D eigenvalue weighted by atomic mass is 9.88. The predicted molar refractivity (Wildman–Crippen MR) is 116 cm³/mol. The molecule has 2 fully saturated rings. The third-order valence-electron chi connectivity index (χ3n) is 5.99. The lowest BCUT2D eigenvalue weighted by molar-refractivity contribution is -0.118. The van der Waals surface area contributed by atoms with Gasteiger partial charge in [-0.05, 0) is 68.6 Å². The minimum atomic E-state index is -3.66. The summed E-state index contributed by atoms with van der Waals surface area (Å²) in [5, 5.41) is 2.66. The van der Waals surface area contributed by atoms with Crippen LogP contribution in [0.4, 0.5) is 0 Å². The van der Waals surface area contributed by atoms with Gasteiger partial charge >= 0.3 is 0 Å². The van der Waals surface area contributed by atoms with Crippen LogP contribution >= 0.6 is 0 Å². The number of nitrogens with zero attached hydrogens (tertiary/aromatic N) is 1. The smallest absolute Gasteiger partial charge is 0.253 e. The quantitative estimate of drug-likeness (QED) is 0.688. The summed E-state index contributed by atoms with van der Waals surface area (Å²) in [5.41, 5.74) is 1.38. The molecule has 1 aliphatic heterocycles. The molecule has 166 valence electrons. The van der Waals surface area contributed by atoms with Gasteiger partial charge in [0, 0.05) is 31.2 Å². The highest BCUT2D eigenvalue weighted by atomic mass is 32.2. The molecule has 2 amide bonds. The summed E-state index contributed by atoms with van der Waals surface area (Å²) in [5.74, 6) is -0.478. The van der Waals surface area contributed by atoms with Crippen LogP contribution in [0.5, 0.6) is 0 Å². The fourth-order valence-electron chi connectivity index (χ4n) is 4.19. The summed E-state index contributed by atoms with van der Waals surface area (Å²) < 4.78 is 27.3. The minimum Gasteiger partial charge on any atom is -0.351 e. The summed E-state index contributed by atoms with van der Waals surface area (Å²) in [6.45, 7) is 3.93. The van der Waals surface area contributed by atoms with Gasteiger partial charge in [0.2, 0.25) is 15.9 Å². The average Bonchev–Trinajstić information content (AvgIpc) is 2.74. The van der Waals surface area contributed by atoms with E-state index in [1.807, 2.05) is 11.0 Å². The maximum atomic E-state index is 12.6. The van der Waals surface area contributed by atoms with Crippen molar-refractivity contribution in [2.75, 3.05) is 18.8 Å². The summed E-state index contributed by atoms with van der Waals surface area (Å²) in [4.78, 5) is 26.7. The Bertz CT molecular complexity index is 842.